The number of rotatable bonds is 4. The molecule has 0 saturated heterocycles. The molecule has 0 amide bonds. The molecule has 7 nitrogen and oxygen atoms in total. The molecule has 2 aromatic rings. The van der Waals surface area contributed by atoms with Crippen molar-refractivity contribution in [2.75, 3.05) is 5.32 Å². The van der Waals surface area contributed by atoms with Gasteiger partial charge in [-0.3, -0.25) is 10.1 Å². The summed E-state index contributed by atoms with van der Waals surface area (Å²) in [6.07, 6.45) is 1.05. The van der Waals surface area contributed by atoms with E-state index in [4.69, 9.17) is 16.7 Å². The zero-order chi connectivity index (χ0) is 15.6. The first-order chi connectivity index (χ1) is 9.88. The number of carbonyl (C=O) groups is 1. The predicted octanol–water partition coefficient (Wildman–Crippen LogP) is 3.39. The number of aromatic carboxylic acids is 1. The molecular weight excluding hydrogens is 298 g/mol. The molecule has 0 aliphatic rings. The summed E-state index contributed by atoms with van der Waals surface area (Å²) in [7, 11) is 0. The van der Waals surface area contributed by atoms with Gasteiger partial charge in [0, 0.05) is 23.0 Å². The maximum absolute atomic E-state index is 11.0. The van der Waals surface area contributed by atoms with Crippen LogP contribution in [-0.2, 0) is 0 Å². The van der Waals surface area contributed by atoms with E-state index in [1.54, 1.807) is 18.2 Å². The minimum Gasteiger partial charge on any atom is -0.478 e. The van der Waals surface area contributed by atoms with Crippen molar-refractivity contribution < 1.29 is 14.8 Å². The van der Waals surface area contributed by atoms with Crippen LogP contribution in [0.15, 0.2) is 30.5 Å². The minimum atomic E-state index is -1.28. The third kappa shape index (κ3) is 3.26. The molecule has 0 unspecified atom stereocenters. The topological polar surface area (TPSA) is 105 Å². The van der Waals surface area contributed by atoms with Crippen LogP contribution in [-0.4, -0.2) is 21.0 Å². The van der Waals surface area contributed by atoms with Crippen LogP contribution in [0.1, 0.15) is 15.9 Å². The Bertz CT molecular complexity index is 733. The van der Waals surface area contributed by atoms with E-state index in [1.807, 2.05) is 6.92 Å². The second-order valence-electron chi connectivity index (χ2n) is 4.24. The quantitative estimate of drug-likeness (QED) is 0.662. The molecule has 0 saturated carbocycles. The number of aromatic nitrogens is 1. The zero-order valence-corrected chi connectivity index (χ0v) is 11.6. The van der Waals surface area contributed by atoms with Gasteiger partial charge in [-0.05, 0) is 24.6 Å². The number of hydrogen-bond donors (Lipinski definition) is 2. The zero-order valence-electron chi connectivity index (χ0n) is 10.8. The Morgan fingerprint density at radius 1 is 1.43 bits per heavy atom. The lowest BCUT2D eigenvalue weighted by Gasteiger charge is -2.08. The second kappa shape index (κ2) is 5.76. The van der Waals surface area contributed by atoms with Gasteiger partial charge in [-0.25, -0.2) is 9.78 Å². The molecule has 1 heterocycles. The Balaban J connectivity index is 2.41. The van der Waals surface area contributed by atoms with Gasteiger partial charge in [0.1, 0.15) is 0 Å². The summed E-state index contributed by atoms with van der Waals surface area (Å²) in [4.78, 5) is 24.9. The fourth-order valence-corrected chi connectivity index (χ4v) is 1.79. The monoisotopic (exact) mass is 307 g/mol. The first-order valence-corrected chi connectivity index (χ1v) is 6.17. The molecule has 0 bridgehead atoms. The number of nitro groups is 1. The Hall–Kier alpha value is -2.67. The van der Waals surface area contributed by atoms with Crippen molar-refractivity contribution in [3.8, 4) is 0 Å². The van der Waals surface area contributed by atoms with Gasteiger partial charge in [-0.2, -0.15) is 0 Å². The van der Waals surface area contributed by atoms with E-state index in [1.165, 1.54) is 0 Å². The fraction of sp³-hybridized carbons (Fsp3) is 0.0769. The number of benzene rings is 1. The lowest BCUT2D eigenvalue weighted by molar-refractivity contribution is -0.384. The molecule has 0 atom stereocenters. The number of nitrogens with zero attached hydrogens (tertiary/aromatic N) is 2. The van der Waals surface area contributed by atoms with Crippen LogP contribution in [0.4, 0.5) is 17.2 Å². The van der Waals surface area contributed by atoms with Gasteiger partial charge < -0.3 is 10.4 Å². The van der Waals surface area contributed by atoms with Gasteiger partial charge in [-0.1, -0.05) is 17.7 Å². The maximum atomic E-state index is 11.0. The third-order valence-corrected chi connectivity index (χ3v) is 3.15. The Kier molecular flexibility index (Phi) is 4.04. The summed E-state index contributed by atoms with van der Waals surface area (Å²) >= 11 is 5.98. The number of carboxylic acids is 1. The lowest BCUT2D eigenvalue weighted by Crippen LogP contribution is -2.04. The number of halogens is 1. The Morgan fingerprint density at radius 3 is 2.71 bits per heavy atom. The average Bonchev–Trinajstić information content (AvgIpc) is 2.43. The first kappa shape index (κ1) is 14.7. The molecule has 0 aliphatic carbocycles. The van der Waals surface area contributed by atoms with Crippen molar-refractivity contribution in [3.05, 3.63) is 56.7 Å². The van der Waals surface area contributed by atoms with E-state index in [9.17, 15) is 14.9 Å². The van der Waals surface area contributed by atoms with Crippen LogP contribution < -0.4 is 5.32 Å². The molecule has 21 heavy (non-hydrogen) atoms. The molecule has 0 radical (unpaired) electrons. The maximum Gasteiger partial charge on any atom is 0.337 e. The molecule has 1 aromatic heterocycles. The number of pyridine rings is 1. The SMILES string of the molecule is Cc1ccc(Nc2ncc(C(=O)O)cc2[N+](=O)[O-])cc1Cl. The van der Waals surface area contributed by atoms with Gasteiger partial charge in [0.25, 0.3) is 0 Å². The van der Waals surface area contributed by atoms with Crippen molar-refractivity contribution in [2.24, 2.45) is 0 Å². The van der Waals surface area contributed by atoms with Crippen LogP contribution in [0.25, 0.3) is 0 Å². The predicted molar refractivity (Wildman–Crippen MR) is 77.3 cm³/mol. The highest BCUT2D eigenvalue weighted by Gasteiger charge is 2.19. The standard InChI is InChI=1S/C13H10ClN3O4/c1-7-2-3-9(5-10(7)14)16-12-11(17(20)21)4-8(6-15-12)13(18)19/h2-6H,1H3,(H,15,16)(H,18,19). The molecule has 0 spiro atoms. The van der Waals surface area contributed by atoms with Crippen molar-refractivity contribution in [3.63, 3.8) is 0 Å². The minimum absolute atomic E-state index is 0.0510. The summed E-state index contributed by atoms with van der Waals surface area (Å²) in [5.41, 5.74) is 0.705. The first-order valence-electron chi connectivity index (χ1n) is 5.79. The highest BCUT2D eigenvalue weighted by atomic mass is 35.5. The van der Waals surface area contributed by atoms with Crippen LogP contribution in [0, 0.1) is 17.0 Å². The number of aryl methyl sites for hydroxylation is 1. The molecule has 8 heteroatoms. The summed E-state index contributed by atoms with van der Waals surface area (Å²) in [5, 5.41) is 23.1. The smallest absolute Gasteiger partial charge is 0.337 e. The average molecular weight is 308 g/mol. The molecule has 0 fully saturated rings. The Labute approximate surface area is 124 Å². The molecule has 2 rings (SSSR count). The summed E-state index contributed by atoms with van der Waals surface area (Å²) in [6, 6.07) is 6.00. The summed E-state index contributed by atoms with van der Waals surface area (Å²) in [6.45, 7) is 1.83. The Morgan fingerprint density at radius 2 is 2.14 bits per heavy atom. The van der Waals surface area contributed by atoms with Crippen LogP contribution >= 0.6 is 11.6 Å². The number of carboxylic acid groups (broad SMARTS) is 1. The normalized spacial score (nSPS) is 10.2. The van der Waals surface area contributed by atoms with E-state index >= 15 is 0 Å². The molecular formula is C13H10ClN3O4. The largest absolute Gasteiger partial charge is 0.478 e. The van der Waals surface area contributed by atoms with Crippen LogP contribution in [0.5, 0.6) is 0 Å². The van der Waals surface area contributed by atoms with E-state index in [2.05, 4.69) is 10.3 Å². The van der Waals surface area contributed by atoms with Gasteiger partial charge in [0.2, 0.25) is 5.82 Å². The van der Waals surface area contributed by atoms with Crippen LogP contribution in [0.3, 0.4) is 0 Å². The van der Waals surface area contributed by atoms with E-state index in [-0.39, 0.29) is 11.4 Å². The number of anilines is 2. The molecule has 1 aromatic carbocycles. The second-order valence-corrected chi connectivity index (χ2v) is 4.65. The highest BCUT2D eigenvalue weighted by molar-refractivity contribution is 6.31. The van der Waals surface area contributed by atoms with Gasteiger partial charge >= 0.3 is 11.7 Å². The lowest BCUT2D eigenvalue weighted by atomic mass is 10.2. The van der Waals surface area contributed by atoms with E-state index < -0.39 is 16.6 Å². The van der Waals surface area contributed by atoms with Crippen molar-refractivity contribution in [1.29, 1.82) is 0 Å². The van der Waals surface area contributed by atoms with E-state index in [0.29, 0.717) is 10.7 Å². The van der Waals surface area contributed by atoms with Crippen molar-refractivity contribution in [2.45, 2.75) is 6.92 Å². The van der Waals surface area contributed by atoms with Gasteiger partial charge in [0.05, 0.1) is 10.5 Å². The molecule has 108 valence electrons. The molecule has 2 N–H and O–H groups in total. The van der Waals surface area contributed by atoms with Crippen molar-refractivity contribution >= 4 is 34.8 Å². The summed E-state index contributed by atoms with van der Waals surface area (Å²) < 4.78 is 0. The van der Waals surface area contributed by atoms with Crippen molar-refractivity contribution in [1.82, 2.24) is 4.98 Å². The van der Waals surface area contributed by atoms with Gasteiger partial charge in [0.15, 0.2) is 0 Å². The number of hydrogen-bond acceptors (Lipinski definition) is 5. The summed E-state index contributed by atoms with van der Waals surface area (Å²) in [5.74, 6) is -1.33. The highest BCUT2D eigenvalue weighted by Crippen LogP contribution is 2.28. The van der Waals surface area contributed by atoms with Crippen LogP contribution in [0.2, 0.25) is 5.02 Å². The fourth-order valence-electron chi connectivity index (χ4n) is 1.61. The molecule has 0 aliphatic heterocycles. The van der Waals surface area contributed by atoms with Gasteiger partial charge in [-0.15, -0.1) is 0 Å². The third-order valence-electron chi connectivity index (χ3n) is 2.75. The van der Waals surface area contributed by atoms with E-state index in [0.717, 1.165) is 17.8 Å². The number of nitrogens with one attached hydrogen (secondary N) is 1.